The van der Waals surface area contributed by atoms with E-state index in [0.717, 1.165) is 0 Å². The van der Waals surface area contributed by atoms with Gasteiger partial charge in [-0.05, 0) is 25.0 Å². The van der Waals surface area contributed by atoms with Gasteiger partial charge in [0.15, 0.2) is 0 Å². The zero-order valence-electron chi connectivity index (χ0n) is 6.57. The fraction of sp³-hybridized carbons (Fsp3) is 1.00. The Morgan fingerprint density at radius 1 is 1.00 bits per heavy atom. The van der Waals surface area contributed by atoms with Gasteiger partial charge in [-0.1, -0.05) is 0 Å². The molecule has 0 fully saturated rings. The Morgan fingerprint density at radius 2 is 1.00 bits per heavy atom. The van der Waals surface area contributed by atoms with Crippen molar-refractivity contribution in [3.63, 3.8) is 0 Å². The van der Waals surface area contributed by atoms with Gasteiger partial charge in [-0.25, -0.2) is 0 Å². The topological polar surface area (TPSA) is 57.5 Å². The van der Waals surface area contributed by atoms with Crippen LogP contribution in [0.4, 0.5) is 0 Å². The van der Waals surface area contributed by atoms with E-state index < -0.39 is 8.25 Å². The quantitative estimate of drug-likeness (QED) is 0.588. The van der Waals surface area contributed by atoms with Gasteiger partial charge in [0.25, 0.3) is 0 Å². The summed E-state index contributed by atoms with van der Waals surface area (Å²) in [7, 11) is -2.87. The second-order valence-electron chi connectivity index (χ2n) is 1.07. The van der Waals surface area contributed by atoms with Gasteiger partial charge < -0.3 is 0 Å². The van der Waals surface area contributed by atoms with Gasteiger partial charge in [0.1, 0.15) is 0 Å². The highest BCUT2D eigenvalue weighted by Crippen LogP contribution is 1.98. The molecule has 0 unspecified atom stereocenters. The summed E-state index contributed by atoms with van der Waals surface area (Å²) in [6.07, 6.45) is 8.17. The molecule has 0 amide bonds. The maximum absolute atomic E-state index is 8.70. The Balaban J connectivity index is -0.0000000750. The number of rotatable bonds is 0. The summed E-state index contributed by atoms with van der Waals surface area (Å²) in [4.78, 5) is 14.2. The normalized spacial score (nSPS) is 6.20. The average Bonchev–Trinajstić information content (AvgIpc) is 1.65. The molecule has 0 rings (SSSR count). The van der Waals surface area contributed by atoms with Crippen LogP contribution in [-0.2, 0) is 4.57 Å². The van der Waals surface area contributed by atoms with Crippen LogP contribution in [0.25, 0.3) is 0 Å². The van der Waals surface area contributed by atoms with Gasteiger partial charge in [-0.3, -0.25) is 0 Å². The molecule has 0 aromatic heterocycles. The second-order valence-corrected chi connectivity index (χ2v) is 3.21. The van der Waals surface area contributed by atoms with Crippen LogP contribution in [0, 0.1) is 0 Å². The Morgan fingerprint density at radius 3 is 1.00 bits per heavy atom. The molecule has 0 aromatic rings. The first kappa shape index (κ1) is 17.0. The Kier molecular flexibility index (Phi) is 38.4. The van der Waals surface area contributed by atoms with Crippen molar-refractivity contribution in [3.05, 3.63) is 0 Å². The van der Waals surface area contributed by atoms with Crippen LogP contribution in [0.3, 0.4) is 0 Å². The highest BCUT2D eigenvalue weighted by atomic mass is 32.2. The van der Waals surface area contributed by atoms with Gasteiger partial charge in [0.2, 0.25) is 0 Å². The highest BCUT2D eigenvalue weighted by Gasteiger charge is 1.93. The van der Waals surface area contributed by atoms with Crippen molar-refractivity contribution < 1.29 is 14.4 Å². The fourth-order valence-electron chi connectivity index (χ4n) is 0. The molecular weight excluding hydrogens is 191 g/mol. The molecule has 0 saturated heterocycles. The van der Waals surface area contributed by atoms with Crippen molar-refractivity contribution in [1.29, 1.82) is 0 Å². The van der Waals surface area contributed by atoms with Gasteiger partial charge in [-0.15, -0.1) is 9.79 Å². The van der Waals surface area contributed by atoms with Gasteiger partial charge in [0, 0.05) is 4.57 Å². The van der Waals surface area contributed by atoms with Crippen LogP contribution in [0.2, 0.25) is 0 Å². The Bertz CT molecular complexity index is 56.5. The zero-order chi connectivity index (χ0) is 8.99. The SMILES string of the molecule is CSC.CSC.O=[P+](O)O. The van der Waals surface area contributed by atoms with Gasteiger partial charge in [0.05, 0.1) is 0 Å². The van der Waals surface area contributed by atoms with E-state index in [4.69, 9.17) is 14.4 Å². The molecule has 0 aliphatic carbocycles. The van der Waals surface area contributed by atoms with E-state index in [1.54, 1.807) is 23.5 Å². The fourth-order valence-corrected chi connectivity index (χ4v) is 0. The molecule has 0 radical (unpaired) electrons. The Hall–Kier alpha value is 0.720. The summed E-state index contributed by atoms with van der Waals surface area (Å²) in [6.45, 7) is 0. The molecule has 0 aliphatic rings. The predicted octanol–water partition coefficient (Wildman–Crippen LogP) is 1.59. The van der Waals surface area contributed by atoms with Crippen molar-refractivity contribution in [2.75, 3.05) is 25.0 Å². The van der Waals surface area contributed by atoms with Gasteiger partial charge in [-0.2, -0.15) is 23.5 Å². The van der Waals surface area contributed by atoms with E-state index in [0.29, 0.717) is 0 Å². The lowest BCUT2D eigenvalue weighted by Crippen LogP contribution is -1.38. The summed E-state index contributed by atoms with van der Waals surface area (Å²) in [5.74, 6) is 0. The molecule has 0 bridgehead atoms. The van der Waals surface area contributed by atoms with E-state index in [2.05, 4.69) is 0 Å². The lowest BCUT2D eigenvalue weighted by atomic mass is 11.9. The molecule has 3 nitrogen and oxygen atoms in total. The molecule has 0 aliphatic heterocycles. The van der Waals surface area contributed by atoms with Crippen LogP contribution in [0.15, 0.2) is 0 Å². The molecular formula is C4H14O3PS2+. The Labute approximate surface area is 71.6 Å². The smallest absolute Gasteiger partial charge is 0.169 e. The first-order chi connectivity index (χ1) is 4.56. The summed E-state index contributed by atoms with van der Waals surface area (Å²) in [5, 5.41) is 0. The molecule has 0 atom stereocenters. The van der Waals surface area contributed by atoms with Crippen molar-refractivity contribution in [3.8, 4) is 0 Å². The maximum Gasteiger partial charge on any atom is 0.692 e. The van der Waals surface area contributed by atoms with Crippen molar-refractivity contribution in [2.45, 2.75) is 0 Å². The molecule has 0 saturated carbocycles. The minimum absolute atomic E-state index is 1.75. The zero-order valence-corrected chi connectivity index (χ0v) is 9.09. The third-order valence-electron chi connectivity index (χ3n) is 0. The average molecular weight is 205 g/mol. The molecule has 6 heteroatoms. The number of thioether (sulfide) groups is 2. The van der Waals surface area contributed by atoms with Crippen LogP contribution >= 0.6 is 31.8 Å². The van der Waals surface area contributed by atoms with Crippen LogP contribution in [0.1, 0.15) is 0 Å². The molecule has 0 aromatic carbocycles. The van der Waals surface area contributed by atoms with Crippen LogP contribution in [0.5, 0.6) is 0 Å². The molecule has 2 N–H and O–H groups in total. The van der Waals surface area contributed by atoms with Crippen LogP contribution < -0.4 is 0 Å². The van der Waals surface area contributed by atoms with Gasteiger partial charge >= 0.3 is 8.25 Å². The first-order valence-corrected chi connectivity index (χ1v) is 6.65. The largest absolute Gasteiger partial charge is 0.692 e. The van der Waals surface area contributed by atoms with Crippen LogP contribution in [-0.4, -0.2) is 34.8 Å². The lowest BCUT2D eigenvalue weighted by molar-refractivity contribution is 0.405. The third kappa shape index (κ3) is 1000. The van der Waals surface area contributed by atoms with E-state index in [1.807, 2.05) is 25.0 Å². The molecule has 64 valence electrons. The summed E-state index contributed by atoms with van der Waals surface area (Å²) < 4.78 is 8.70. The summed E-state index contributed by atoms with van der Waals surface area (Å²) in [6, 6.07) is 0. The number of hydrogen-bond acceptors (Lipinski definition) is 3. The second kappa shape index (κ2) is 22.6. The van der Waals surface area contributed by atoms with Crippen molar-refractivity contribution in [1.82, 2.24) is 0 Å². The lowest BCUT2D eigenvalue weighted by Gasteiger charge is -1.51. The standard InChI is InChI=1S/2C2H6S.HO3P/c2*1-3-2;1-4(2)3/h2*1-2H3;(H-,1,2,3)/p+1. The minimum atomic E-state index is -2.87. The van der Waals surface area contributed by atoms with E-state index >= 15 is 0 Å². The molecule has 0 heterocycles. The molecule has 0 spiro atoms. The van der Waals surface area contributed by atoms with E-state index in [-0.39, 0.29) is 0 Å². The maximum atomic E-state index is 8.70. The number of hydrogen-bond donors (Lipinski definition) is 2. The summed E-state index contributed by atoms with van der Waals surface area (Å²) in [5.41, 5.74) is 0. The summed E-state index contributed by atoms with van der Waals surface area (Å²) >= 11 is 3.50. The van der Waals surface area contributed by atoms with E-state index in [1.165, 1.54) is 0 Å². The monoisotopic (exact) mass is 205 g/mol. The van der Waals surface area contributed by atoms with E-state index in [9.17, 15) is 0 Å². The third-order valence-corrected chi connectivity index (χ3v) is 0. The minimum Gasteiger partial charge on any atom is -0.169 e. The van der Waals surface area contributed by atoms with Crippen molar-refractivity contribution >= 4 is 31.8 Å². The highest BCUT2D eigenvalue weighted by molar-refractivity contribution is 7.98. The predicted molar refractivity (Wildman–Crippen MR) is 50.9 cm³/mol. The van der Waals surface area contributed by atoms with Crippen molar-refractivity contribution in [2.24, 2.45) is 0 Å². The first-order valence-electron chi connectivity index (χ1n) is 2.22. The molecule has 10 heavy (non-hydrogen) atoms.